The molecule has 0 amide bonds. The van der Waals surface area contributed by atoms with Gasteiger partial charge in [-0.25, -0.2) is 0 Å². The quantitative estimate of drug-likeness (QED) is 0.673. The predicted molar refractivity (Wildman–Crippen MR) is 80.0 cm³/mol. The first-order chi connectivity index (χ1) is 8.68. The van der Waals surface area contributed by atoms with Crippen molar-refractivity contribution in [2.45, 2.75) is 19.9 Å². The third-order valence-electron chi connectivity index (χ3n) is 3.30. The van der Waals surface area contributed by atoms with E-state index in [2.05, 4.69) is 59.1 Å². The van der Waals surface area contributed by atoms with Crippen molar-refractivity contribution in [3.63, 3.8) is 0 Å². The number of imidazole rings is 1. The Hall–Kier alpha value is -1.39. The number of hydrogen-bond donors (Lipinski definition) is 1. The number of nitrogens with one attached hydrogen (secondary N) is 1. The van der Waals surface area contributed by atoms with Crippen LogP contribution in [0.4, 0.5) is 0 Å². The van der Waals surface area contributed by atoms with Crippen LogP contribution in [0.2, 0.25) is 0 Å². The van der Waals surface area contributed by atoms with Gasteiger partial charge in [0, 0.05) is 4.88 Å². The van der Waals surface area contributed by atoms with Crippen LogP contribution in [0.1, 0.15) is 23.4 Å². The smallest absolute Gasteiger partial charge is 0.178 e. The Balaban J connectivity index is 2.26. The van der Waals surface area contributed by atoms with Crippen LogP contribution in [-0.4, -0.2) is 9.55 Å². The third-order valence-corrected chi connectivity index (χ3v) is 4.64. The highest BCUT2D eigenvalue weighted by molar-refractivity contribution is 7.71. The lowest BCUT2D eigenvalue weighted by molar-refractivity contribution is 0.661. The second-order valence-electron chi connectivity index (χ2n) is 4.46. The number of fused-ring (bicyclic) bond motifs is 1. The number of thiophene rings is 1. The molecule has 0 spiro atoms. The van der Waals surface area contributed by atoms with Gasteiger partial charge < -0.3 is 9.55 Å². The van der Waals surface area contributed by atoms with Gasteiger partial charge in [-0.05, 0) is 49.1 Å². The van der Waals surface area contributed by atoms with E-state index >= 15 is 0 Å². The Morgan fingerprint density at radius 1 is 1.28 bits per heavy atom. The van der Waals surface area contributed by atoms with E-state index < -0.39 is 0 Å². The molecule has 2 heterocycles. The van der Waals surface area contributed by atoms with E-state index in [0.717, 1.165) is 10.3 Å². The van der Waals surface area contributed by atoms with Crippen LogP contribution in [0, 0.1) is 11.7 Å². The zero-order valence-corrected chi connectivity index (χ0v) is 11.9. The number of benzene rings is 1. The molecule has 1 atom stereocenters. The molecule has 3 rings (SSSR count). The highest BCUT2D eigenvalue weighted by Gasteiger charge is 2.14. The van der Waals surface area contributed by atoms with Gasteiger partial charge in [0.2, 0.25) is 0 Å². The zero-order valence-electron chi connectivity index (χ0n) is 10.3. The van der Waals surface area contributed by atoms with E-state index in [1.165, 1.54) is 16.0 Å². The molecule has 0 saturated carbocycles. The Morgan fingerprint density at radius 3 is 2.83 bits per heavy atom. The van der Waals surface area contributed by atoms with Crippen LogP contribution in [0.5, 0.6) is 0 Å². The average molecular weight is 274 g/mol. The van der Waals surface area contributed by atoms with Crippen molar-refractivity contribution in [3.05, 3.63) is 50.9 Å². The second-order valence-corrected chi connectivity index (χ2v) is 5.83. The number of rotatable bonds is 2. The van der Waals surface area contributed by atoms with Gasteiger partial charge in [-0.1, -0.05) is 18.2 Å². The molecule has 92 valence electrons. The molecule has 0 aliphatic carbocycles. The highest BCUT2D eigenvalue weighted by Crippen LogP contribution is 2.28. The van der Waals surface area contributed by atoms with Gasteiger partial charge in [-0.2, -0.15) is 0 Å². The molecule has 3 aromatic rings. The first-order valence-electron chi connectivity index (χ1n) is 5.91. The van der Waals surface area contributed by atoms with E-state index in [1.54, 1.807) is 11.3 Å². The fourth-order valence-corrected chi connectivity index (χ4v) is 3.47. The van der Waals surface area contributed by atoms with Gasteiger partial charge in [-0.3, -0.25) is 0 Å². The van der Waals surface area contributed by atoms with Crippen molar-refractivity contribution < 1.29 is 0 Å². The Kier molecular flexibility index (Phi) is 2.84. The summed E-state index contributed by atoms with van der Waals surface area (Å²) in [6.07, 6.45) is 0. The summed E-state index contributed by atoms with van der Waals surface area (Å²) >= 11 is 7.24. The lowest BCUT2D eigenvalue weighted by Gasteiger charge is -2.12. The molecular formula is C14H14N2S2. The minimum atomic E-state index is 0.271. The summed E-state index contributed by atoms with van der Waals surface area (Å²) in [5.74, 6) is 0. The zero-order chi connectivity index (χ0) is 12.7. The molecule has 0 bridgehead atoms. The van der Waals surface area contributed by atoms with E-state index in [1.807, 2.05) is 0 Å². The monoisotopic (exact) mass is 274 g/mol. The molecule has 4 heteroatoms. The maximum absolute atomic E-state index is 5.47. The lowest BCUT2D eigenvalue weighted by Crippen LogP contribution is -2.04. The first-order valence-corrected chi connectivity index (χ1v) is 7.20. The van der Waals surface area contributed by atoms with Gasteiger partial charge in [0.15, 0.2) is 4.77 Å². The van der Waals surface area contributed by atoms with Crippen LogP contribution in [-0.2, 0) is 0 Å². The maximum Gasteiger partial charge on any atom is 0.178 e. The van der Waals surface area contributed by atoms with E-state index in [9.17, 15) is 0 Å². The molecular weight excluding hydrogens is 260 g/mol. The molecule has 0 fully saturated rings. The Bertz CT molecular complexity index is 735. The Labute approximate surface area is 115 Å². The van der Waals surface area contributed by atoms with Crippen LogP contribution in [0.25, 0.3) is 11.0 Å². The summed E-state index contributed by atoms with van der Waals surface area (Å²) in [4.78, 5) is 4.65. The second kappa shape index (κ2) is 4.37. The minimum Gasteiger partial charge on any atom is -0.330 e. The summed E-state index contributed by atoms with van der Waals surface area (Å²) in [6, 6.07) is 10.8. The molecule has 1 aromatic carbocycles. The number of H-pyrrole nitrogens is 1. The van der Waals surface area contributed by atoms with E-state index in [0.29, 0.717) is 0 Å². The molecule has 0 aliphatic heterocycles. The molecule has 1 unspecified atom stereocenters. The fourth-order valence-electron chi connectivity index (χ4n) is 2.33. The van der Waals surface area contributed by atoms with Gasteiger partial charge in [0.1, 0.15) is 0 Å². The summed E-state index contributed by atoms with van der Waals surface area (Å²) in [5, 5.41) is 2.11. The summed E-state index contributed by atoms with van der Waals surface area (Å²) in [7, 11) is 0. The molecule has 2 nitrogen and oxygen atoms in total. The molecule has 2 aromatic heterocycles. The van der Waals surface area contributed by atoms with Crippen LogP contribution >= 0.6 is 23.6 Å². The van der Waals surface area contributed by atoms with Crippen molar-refractivity contribution in [2.24, 2.45) is 0 Å². The first kappa shape index (κ1) is 11.7. The van der Waals surface area contributed by atoms with Crippen LogP contribution in [0.15, 0.2) is 35.7 Å². The third kappa shape index (κ3) is 1.72. The summed E-state index contributed by atoms with van der Waals surface area (Å²) in [6.45, 7) is 4.30. The number of aryl methyl sites for hydroxylation is 1. The van der Waals surface area contributed by atoms with Crippen molar-refractivity contribution in [3.8, 4) is 0 Å². The molecule has 18 heavy (non-hydrogen) atoms. The van der Waals surface area contributed by atoms with Crippen LogP contribution < -0.4 is 0 Å². The lowest BCUT2D eigenvalue weighted by atomic mass is 10.2. The number of nitrogens with zero attached hydrogens (tertiary/aromatic N) is 1. The molecule has 0 aliphatic rings. The van der Waals surface area contributed by atoms with Gasteiger partial charge >= 0.3 is 0 Å². The van der Waals surface area contributed by atoms with Crippen molar-refractivity contribution in [1.29, 1.82) is 0 Å². The van der Waals surface area contributed by atoms with Gasteiger partial charge in [-0.15, -0.1) is 11.3 Å². The van der Waals surface area contributed by atoms with E-state index in [-0.39, 0.29) is 6.04 Å². The normalized spacial score (nSPS) is 13.0. The Morgan fingerprint density at radius 2 is 2.11 bits per heavy atom. The summed E-state index contributed by atoms with van der Waals surface area (Å²) < 4.78 is 2.99. The van der Waals surface area contributed by atoms with Crippen molar-refractivity contribution in [2.75, 3.05) is 0 Å². The maximum atomic E-state index is 5.47. The molecule has 1 N–H and O–H groups in total. The topological polar surface area (TPSA) is 20.7 Å². The van der Waals surface area contributed by atoms with Crippen molar-refractivity contribution >= 4 is 34.6 Å². The van der Waals surface area contributed by atoms with E-state index in [4.69, 9.17) is 12.2 Å². The standard InChI is InChI=1S/C14H14N2S2/c1-9-5-3-6-11-13(9)15-14(17)16(11)10(2)12-7-4-8-18-12/h3-8,10H,1-2H3,(H,15,17). The molecule has 0 radical (unpaired) electrons. The van der Waals surface area contributed by atoms with Crippen molar-refractivity contribution in [1.82, 2.24) is 9.55 Å². The average Bonchev–Trinajstić information content (AvgIpc) is 2.96. The number of hydrogen-bond acceptors (Lipinski definition) is 2. The number of aromatic nitrogens is 2. The largest absolute Gasteiger partial charge is 0.330 e. The SMILES string of the molecule is Cc1cccc2c1[nH]c(=S)n2C(C)c1cccs1. The van der Waals surface area contributed by atoms with Crippen LogP contribution in [0.3, 0.4) is 0 Å². The summed E-state index contributed by atoms with van der Waals surface area (Å²) in [5.41, 5.74) is 3.56. The number of para-hydroxylation sites is 1. The van der Waals surface area contributed by atoms with Gasteiger partial charge in [0.25, 0.3) is 0 Å². The molecule has 0 saturated heterocycles. The minimum absolute atomic E-state index is 0.271. The predicted octanol–water partition coefficient (Wildman–Crippen LogP) is 4.68. The highest BCUT2D eigenvalue weighted by atomic mass is 32.1. The fraction of sp³-hybridized carbons (Fsp3) is 0.214. The number of aromatic amines is 1. The van der Waals surface area contributed by atoms with Gasteiger partial charge in [0.05, 0.1) is 17.1 Å².